The largest absolute Gasteiger partial charge is 0.481 e. The Kier molecular flexibility index (Phi) is 3.29. The molecule has 96 valence electrons. The molecule has 0 bridgehead atoms. The number of rotatable bonds is 4. The molecule has 0 aromatic heterocycles. The molecule has 4 atom stereocenters. The summed E-state index contributed by atoms with van der Waals surface area (Å²) in [5.41, 5.74) is -2.77. The molecule has 17 heavy (non-hydrogen) atoms. The van der Waals surface area contributed by atoms with Gasteiger partial charge in [-0.1, -0.05) is 13.8 Å². The summed E-state index contributed by atoms with van der Waals surface area (Å²) >= 11 is 0. The molecule has 0 radical (unpaired) electrons. The number of carboxylic acid groups (broad SMARTS) is 2. The van der Waals surface area contributed by atoms with E-state index in [2.05, 4.69) is 5.32 Å². The van der Waals surface area contributed by atoms with Gasteiger partial charge in [0.2, 0.25) is 0 Å². The van der Waals surface area contributed by atoms with E-state index in [0.29, 0.717) is 6.29 Å². The maximum absolute atomic E-state index is 11.5. The zero-order chi connectivity index (χ0) is 13.4. The van der Waals surface area contributed by atoms with E-state index in [-0.39, 0.29) is 6.42 Å². The fourth-order valence-corrected chi connectivity index (χ4v) is 2.76. The summed E-state index contributed by atoms with van der Waals surface area (Å²) in [5.74, 6) is -2.97. The van der Waals surface area contributed by atoms with Gasteiger partial charge in [-0.25, -0.2) is 0 Å². The van der Waals surface area contributed by atoms with E-state index in [1.807, 2.05) is 0 Å². The summed E-state index contributed by atoms with van der Waals surface area (Å²) in [6.45, 7) is 4.62. The van der Waals surface area contributed by atoms with E-state index in [9.17, 15) is 24.6 Å². The second kappa shape index (κ2) is 4.10. The standard InChI is InChI=1S/C11H17NO5/c1-4-11(9(16)17)6(2)10(3,8(14)15)12-7(11)5-13/h5-7,12H,4H2,1-3H3,(H,14,15)(H,16,17). The molecule has 1 fully saturated rings. The highest BCUT2D eigenvalue weighted by molar-refractivity contribution is 5.88. The lowest BCUT2D eigenvalue weighted by Crippen LogP contribution is -2.50. The Morgan fingerprint density at radius 1 is 1.35 bits per heavy atom. The molecule has 0 aliphatic carbocycles. The molecule has 3 N–H and O–H groups in total. The van der Waals surface area contributed by atoms with Gasteiger partial charge in [0.25, 0.3) is 0 Å². The number of aliphatic carboxylic acids is 2. The molecule has 0 amide bonds. The minimum absolute atomic E-state index is 0.197. The maximum Gasteiger partial charge on any atom is 0.323 e. The molecule has 0 saturated carbocycles. The molecule has 4 unspecified atom stereocenters. The molecule has 1 aliphatic rings. The Balaban J connectivity index is 3.35. The van der Waals surface area contributed by atoms with E-state index >= 15 is 0 Å². The van der Waals surface area contributed by atoms with Gasteiger partial charge in [0, 0.05) is 5.92 Å². The van der Waals surface area contributed by atoms with E-state index in [1.54, 1.807) is 13.8 Å². The Morgan fingerprint density at radius 2 is 1.88 bits per heavy atom. The van der Waals surface area contributed by atoms with Crippen molar-refractivity contribution in [3.63, 3.8) is 0 Å². The van der Waals surface area contributed by atoms with Crippen LogP contribution in [0.5, 0.6) is 0 Å². The number of nitrogens with one attached hydrogen (secondary N) is 1. The summed E-state index contributed by atoms with van der Waals surface area (Å²) in [5, 5.41) is 21.2. The summed E-state index contributed by atoms with van der Waals surface area (Å²) in [4.78, 5) is 33.7. The Morgan fingerprint density at radius 3 is 2.12 bits per heavy atom. The quantitative estimate of drug-likeness (QED) is 0.606. The second-order valence-corrected chi connectivity index (χ2v) is 4.69. The molecule has 6 heteroatoms. The van der Waals surface area contributed by atoms with Crippen LogP contribution < -0.4 is 5.32 Å². The first kappa shape index (κ1) is 13.6. The van der Waals surface area contributed by atoms with Gasteiger partial charge in [0.15, 0.2) is 0 Å². The molecule has 6 nitrogen and oxygen atoms in total. The predicted octanol–water partition coefficient (Wildman–Crippen LogP) is 0.117. The van der Waals surface area contributed by atoms with Gasteiger partial charge >= 0.3 is 11.9 Å². The number of hydrogen-bond donors (Lipinski definition) is 3. The average molecular weight is 243 g/mol. The van der Waals surface area contributed by atoms with Crippen molar-refractivity contribution in [2.45, 2.75) is 38.8 Å². The summed E-state index contributed by atoms with van der Waals surface area (Å²) in [6.07, 6.45) is 0.686. The van der Waals surface area contributed by atoms with Gasteiger partial charge in [0.1, 0.15) is 11.8 Å². The number of hydrogen-bond acceptors (Lipinski definition) is 4. The highest BCUT2D eigenvalue weighted by atomic mass is 16.4. The van der Waals surface area contributed by atoms with Crippen LogP contribution in [0, 0.1) is 11.3 Å². The van der Waals surface area contributed by atoms with Gasteiger partial charge in [-0.2, -0.15) is 0 Å². The summed E-state index contributed by atoms with van der Waals surface area (Å²) in [7, 11) is 0. The molecular formula is C11H17NO5. The van der Waals surface area contributed by atoms with Gasteiger partial charge in [-0.05, 0) is 13.3 Å². The van der Waals surface area contributed by atoms with Crippen LogP contribution >= 0.6 is 0 Å². The van der Waals surface area contributed by atoms with Crippen molar-refractivity contribution < 1.29 is 24.6 Å². The molecule has 0 spiro atoms. The van der Waals surface area contributed by atoms with Gasteiger partial charge in [-0.15, -0.1) is 0 Å². The van der Waals surface area contributed by atoms with Crippen LogP contribution in [0.1, 0.15) is 27.2 Å². The molecule has 1 aliphatic heterocycles. The molecule has 1 saturated heterocycles. The van der Waals surface area contributed by atoms with E-state index in [1.165, 1.54) is 6.92 Å². The van der Waals surface area contributed by atoms with Crippen LogP contribution in [-0.4, -0.2) is 40.0 Å². The first-order valence-electron chi connectivity index (χ1n) is 5.47. The fraction of sp³-hybridized carbons (Fsp3) is 0.727. The summed E-state index contributed by atoms with van der Waals surface area (Å²) in [6, 6.07) is -0.985. The van der Waals surface area contributed by atoms with E-state index in [4.69, 9.17) is 0 Å². The van der Waals surface area contributed by atoms with Crippen LogP contribution in [0.4, 0.5) is 0 Å². The first-order valence-corrected chi connectivity index (χ1v) is 5.47. The monoisotopic (exact) mass is 243 g/mol. The highest BCUT2D eigenvalue weighted by Gasteiger charge is 2.64. The third-order valence-corrected chi connectivity index (χ3v) is 4.21. The number of aldehydes is 1. The Bertz CT molecular complexity index is 369. The number of carbonyl (C=O) groups is 3. The van der Waals surface area contributed by atoms with Crippen molar-refractivity contribution in [3.8, 4) is 0 Å². The molecule has 1 rings (SSSR count). The van der Waals surface area contributed by atoms with Gasteiger partial charge in [-0.3, -0.25) is 14.9 Å². The lowest BCUT2D eigenvalue weighted by molar-refractivity contribution is -0.155. The van der Waals surface area contributed by atoms with Crippen molar-refractivity contribution in [2.24, 2.45) is 11.3 Å². The number of carbonyl (C=O) groups excluding carboxylic acids is 1. The minimum atomic E-state index is -1.40. The van der Waals surface area contributed by atoms with Gasteiger partial charge in [0.05, 0.1) is 11.5 Å². The zero-order valence-electron chi connectivity index (χ0n) is 10.1. The summed E-state index contributed by atoms with van der Waals surface area (Å²) < 4.78 is 0. The van der Waals surface area contributed by atoms with Crippen molar-refractivity contribution in [1.29, 1.82) is 0 Å². The lowest BCUT2D eigenvalue weighted by Gasteiger charge is -2.33. The highest BCUT2D eigenvalue weighted by Crippen LogP contribution is 2.47. The Hall–Kier alpha value is -1.43. The van der Waals surface area contributed by atoms with Crippen LogP contribution in [0.15, 0.2) is 0 Å². The fourth-order valence-electron chi connectivity index (χ4n) is 2.76. The molecule has 0 aromatic rings. The topological polar surface area (TPSA) is 104 Å². The average Bonchev–Trinajstić information content (AvgIpc) is 2.50. The normalized spacial score (nSPS) is 41.1. The SMILES string of the molecule is CCC1(C(=O)O)C(C=O)NC(C)(C(=O)O)C1C. The second-order valence-electron chi connectivity index (χ2n) is 4.69. The van der Waals surface area contributed by atoms with Crippen LogP contribution in [0.3, 0.4) is 0 Å². The van der Waals surface area contributed by atoms with Crippen molar-refractivity contribution in [3.05, 3.63) is 0 Å². The van der Waals surface area contributed by atoms with Crippen molar-refractivity contribution in [1.82, 2.24) is 5.32 Å². The predicted molar refractivity (Wildman–Crippen MR) is 58.6 cm³/mol. The first-order chi connectivity index (χ1) is 7.77. The maximum atomic E-state index is 11.5. The van der Waals surface area contributed by atoms with Crippen molar-refractivity contribution >= 4 is 18.2 Å². The van der Waals surface area contributed by atoms with Crippen LogP contribution in [0.25, 0.3) is 0 Å². The molecule has 0 aromatic carbocycles. The third kappa shape index (κ3) is 1.55. The third-order valence-electron chi connectivity index (χ3n) is 4.21. The molecular weight excluding hydrogens is 226 g/mol. The smallest absolute Gasteiger partial charge is 0.323 e. The van der Waals surface area contributed by atoms with E-state index < -0.39 is 34.9 Å². The van der Waals surface area contributed by atoms with Crippen molar-refractivity contribution in [2.75, 3.05) is 0 Å². The van der Waals surface area contributed by atoms with Gasteiger partial charge < -0.3 is 15.0 Å². The Labute approximate surface area is 99.0 Å². The van der Waals surface area contributed by atoms with Crippen LogP contribution in [-0.2, 0) is 14.4 Å². The minimum Gasteiger partial charge on any atom is -0.481 e. The van der Waals surface area contributed by atoms with Crippen LogP contribution in [0.2, 0.25) is 0 Å². The number of carboxylic acids is 2. The zero-order valence-corrected chi connectivity index (χ0v) is 10.1. The lowest BCUT2D eigenvalue weighted by atomic mass is 9.67. The van der Waals surface area contributed by atoms with E-state index in [0.717, 1.165) is 0 Å². The molecule has 1 heterocycles.